The fourth-order valence-electron chi connectivity index (χ4n) is 1.85. The molecule has 0 aromatic carbocycles. The van der Waals surface area contributed by atoms with Gasteiger partial charge in [0.25, 0.3) is 0 Å². The van der Waals surface area contributed by atoms with Gasteiger partial charge < -0.3 is 5.11 Å². The number of thioether (sulfide) groups is 1. The van der Waals surface area contributed by atoms with Crippen molar-refractivity contribution in [3.05, 3.63) is 0 Å². The number of hydrogen-bond donors (Lipinski definition) is 1. The SMILES string of the molecule is CC(C)CC1(O)CSC(C)C1. The van der Waals surface area contributed by atoms with Gasteiger partial charge in [-0.1, -0.05) is 20.8 Å². The maximum Gasteiger partial charge on any atom is 0.0750 e. The quantitative estimate of drug-likeness (QED) is 0.693. The molecule has 1 heterocycles. The van der Waals surface area contributed by atoms with E-state index in [1.54, 1.807) is 0 Å². The maximum atomic E-state index is 10.0. The van der Waals surface area contributed by atoms with Crippen molar-refractivity contribution in [2.24, 2.45) is 5.92 Å². The summed E-state index contributed by atoms with van der Waals surface area (Å²) in [5, 5.41) is 10.7. The summed E-state index contributed by atoms with van der Waals surface area (Å²) in [6.07, 6.45) is 1.94. The van der Waals surface area contributed by atoms with Gasteiger partial charge in [0.1, 0.15) is 0 Å². The second-order valence-electron chi connectivity index (χ2n) is 4.15. The maximum absolute atomic E-state index is 10.0. The third kappa shape index (κ3) is 2.68. The van der Waals surface area contributed by atoms with Gasteiger partial charge in [-0.25, -0.2) is 0 Å². The van der Waals surface area contributed by atoms with Crippen molar-refractivity contribution in [3.8, 4) is 0 Å². The zero-order valence-electron chi connectivity index (χ0n) is 7.63. The summed E-state index contributed by atoms with van der Waals surface area (Å²) in [6, 6.07) is 0. The van der Waals surface area contributed by atoms with Crippen LogP contribution < -0.4 is 0 Å². The van der Waals surface area contributed by atoms with Gasteiger partial charge in [0.2, 0.25) is 0 Å². The van der Waals surface area contributed by atoms with Gasteiger partial charge in [-0.2, -0.15) is 11.8 Å². The monoisotopic (exact) mass is 174 g/mol. The van der Waals surface area contributed by atoms with Crippen LogP contribution >= 0.6 is 11.8 Å². The van der Waals surface area contributed by atoms with E-state index in [4.69, 9.17) is 0 Å². The Bertz CT molecular complexity index is 136. The van der Waals surface area contributed by atoms with Gasteiger partial charge >= 0.3 is 0 Å². The van der Waals surface area contributed by atoms with Crippen molar-refractivity contribution in [1.82, 2.24) is 0 Å². The first-order valence-electron chi connectivity index (χ1n) is 4.36. The average molecular weight is 174 g/mol. The molecule has 0 bridgehead atoms. The lowest BCUT2D eigenvalue weighted by atomic mass is 9.90. The van der Waals surface area contributed by atoms with Crippen molar-refractivity contribution in [1.29, 1.82) is 0 Å². The Morgan fingerprint density at radius 2 is 2.27 bits per heavy atom. The Morgan fingerprint density at radius 3 is 2.64 bits per heavy atom. The highest BCUT2D eigenvalue weighted by Gasteiger charge is 2.35. The molecule has 0 radical (unpaired) electrons. The van der Waals surface area contributed by atoms with Gasteiger partial charge in [0, 0.05) is 11.0 Å². The van der Waals surface area contributed by atoms with Crippen molar-refractivity contribution < 1.29 is 5.11 Å². The molecule has 0 amide bonds. The van der Waals surface area contributed by atoms with Gasteiger partial charge in [-0.3, -0.25) is 0 Å². The molecule has 0 aromatic rings. The lowest BCUT2D eigenvalue weighted by molar-refractivity contribution is 0.0422. The molecule has 0 aromatic heterocycles. The first kappa shape index (κ1) is 9.40. The number of rotatable bonds is 2. The highest BCUT2D eigenvalue weighted by atomic mass is 32.2. The highest BCUT2D eigenvalue weighted by molar-refractivity contribution is 8.00. The molecule has 2 heteroatoms. The Balaban J connectivity index is 2.42. The van der Waals surface area contributed by atoms with Crippen LogP contribution in [-0.2, 0) is 0 Å². The fourth-order valence-corrected chi connectivity index (χ4v) is 3.11. The summed E-state index contributed by atoms with van der Waals surface area (Å²) < 4.78 is 0. The minimum Gasteiger partial charge on any atom is -0.389 e. The van der Waals surface area contributed by atoms with Crippen LogP contribution in [0.1, 0.15) is 33.6 Å². The zero-order chi connectivity index (χ0) is 8.48. The van der Waals surface area contributed by atoms with Crippen LogP contribution in [-0.4, -0.2) is 21.7 Å². The summed E-state index contributed by atoms with van der Waals surface area (Å²) in [5.74, 6) is 1.55. The molecular formula is C9H18OS. The smallest absolute Gasteiger partial charge is 0.0750 e. The molecule has 0 spiro atoms. The van der Waals surface area contributed by atoms with Crippen LogP contribution in [0, 0.1) is 5.92 Å². The van der Waals surface area contributed by atoms with E-state index in [1.807, 2.05) is 11.8 Å². The molecular weight excluding hydrogens is 156 g/mol. The van der Waals surface area contributed by atoms with E-state index in [1.165, 1.54) is 0 Å². The zero-order valence-corrected chi connectivity index (χ0v) is 8.45. The predicted molar refractivity (Wildman–Crippen MR) is 50.9 cm³/mol. The Kier molecular flexibility index (Phi) is 2.87. The van der Waals surface area contributed by atoms with Gasteiger partial charge in [0.05, 0.1) is 5.60 Å². The summed E-state index contributed by atoms with van der Waals surface area (Å²) in [5.41, 5.74) is -0.349. The average Bonchev–Trinajstić information content (AvgIpc) is 2.08. The van der Waals surface area contributed by atoms with Crippen LogP contribution in [0.2, 0.25) is 0 Å². The first-order valence-corrected chi connectivity index (χ1v) is 5.41. The third-order valence-electron chi connectivity index (χ3n) is 2.09. The van der Waals surface area contributed by atoms with Crippen molar-refractivity contribution in [2.45, 2.75) is 44.5 Å². The molecule has 2 unspecified atom stereocenters. The molecule has 1 saturated heterocycles. The van der Waals surface area contributed by atoms with Crippen LogP contribution in [0.5, 0.6) is 0 Å². The summed E-state index contributed by atoms with van der Waals surface area (Å²) in [7, 11) is 0. The van der Waals surface area contributed by atoms with E-state index >= 15 is 0 Å². The minimum absolute atomic E-state index is 0.349. The van der Waals surface area contributed by atoms with Crippen molar-refractivity contribution in [3.63, 3.8) is 0 Å². The van der Waals surface area contributed by atoms with E-state index in [2.05, 4.69) is 20.8 Å². The lowest BCUT2D eigenvalue weighted by Crippen LogP contribution is -2.30. The van der Waals surface area contributed by atoms with E-state index in [9.17, 15) is 5.11 Å². The normalized spacial score (nSPS) is 38.5. The molecule has 1 rings (SSSR count). The van der Waals surface area contributed by atoms with Gasteiger partial charge in [-0.15, -0.1) is 0 Å². The van der Waals surface area contributed by atoms with Crippen LogP contribution in [0.25, 0.3) is 0 Å². The molecule has 1 nitrogen and oxygen atoms in total. The number of hydrogen-bond acceptors (Lipinski definition) is 2. The van der Waals surface area contributed by atoms with E-state index in [-0.39, 0.29) is 5.60 Å². The van der Waals surface area contributed by atoms with Crippen LogP contribution in [0.15, 0.2) is 0 Å². The molecule has 0 saturated carbocycles. The molecule has 1 aliphatic heterocycles. The van der Waals surface area contributed by atoms with E-state index in [0.29, 0.717) is 11.2 Å². The molecule has 66 valence electrons. The first-order chi connectivity index (χ1) is 5.02. The highest BCUT2D eigenvalue weighted by Crippen LogP contribution is 2.37. The summed E-state index contributed by atoms with van der Waals surface area (Å²) in [4.78, 5) is 0. The Hall–Kier alpha value is 0.310. The molecule has 1 aliphatic rings. The second-order valence-corrected chi connectivity index (χ2v) is 5.57. The second kappa shape index (κ2) is 3.36. The molecule has 0 aliphatic carbocycles. The molecule has 2 atom stereocenters. The van der Waals surface area contributed by atoms with Crippen LogP contribution in [0.3, 0.4) is 0 Å². The molecule has 1 N–H and O–H groups in total. The fraction of sp³-hybridized carbons (Fsp3) is 1.00. The Morgan fingerprint density at radius 1 is 1.64 bits per heavy atom. The largest absolute Gasteiger partial charge is 0.389 e. The number of aliphatic hydroxyl groups is 1. The van der Waals surface area contributed by atoms with E-state index in [0.717, 1.165) is 18.6 Å². The van der Waals surface area contributed by atoms with Gasteiger partial charge in [0.15, 0.2) is 0 Å². The van der Waals surface area contributed by atoms with Crippen molar-refractivity contribution >= 4 is 11.8 Å². The Labute approximate surface area is 73.6 Å². The lowest BCUT2D eigenvalue weighted by Gasteiger charge is -2.23. The summed E-state index contributed by atoms with van der Waals surface area (Å²) in [6.45, 7) is 6.54. The minimum atomic E-state index is -0.349. The third-order valence-corrected chi connectivity index (χ3v) is 3.53. The van der Waals surface area contributed by atoms with Gasteiger partial charge in [-0.05, 0) is 18.8 Å². The summed E-state index contributed by atoms with van der Waals surface area (Å²) >= 11 is 1.90. The van der Waals surface area contributed by atoms with E-state index < -0.39 is 0 Å². The van der Waals surface area contributed by atoms with Crippen molar-refractivity contribution in [2.75, 3.05) is 5.75 Å². The van der Waals surface area contributed by atoms with Crippen LogP contribution in [0.4, 0.5) is 0 Å². The predicted octanol–water partition coefficient (Wildman–Crippen LogP) is 2.29. The standard InChI is InChI=1S/C9H18OS/c1-7(2)4-9(10)5-8(3)11-6-9/h7-8,10H,4-6H2,1-3H3. The topological polar surface area (TPSA) is 20.2 Å². The molecule has 11 heavy (non-hydrogen) atoms. The molecule has 1 fully saturated rings.